The fourth-order valence-corrected chi connectivity index (χ4v) is 6.28. The molecule has 1 N–H and O–H groups in total. The fraction of sp³-hybridized carbons (Fsp3) is 0.320. The molecule has 0 aliphatic carbocycles. The third-order valence-electron chi connectivity index (χ3n) is 5.89. The molecule has 1 amide bonds. The van der Waals surface area contributed by atoms with Crippen molar-refractivity contribution in [3.05, 3.63) is 76.3 Å². The van der Waals surface area contributed by atoms with E-state index in [2.05, 4.69) is 5.32 Å². The summed E-state index contributed by atoms with van der Waals surface area (Å²) >= 11 is 12.1. The summed E-state index contributed by atoms with van der Waals surface area (Å²) in [6.45, 7) is 1.22. The molecule has 34 heavy (non-hydrogen) atoms. The number of ether oxygens (including phenoxy) is 1. The second-order valence-corrected chi connectivity index (χ2v) is 11.2. The Morgan fingerprint density at radius 1 is 1.06 bits per heavy atom. The van der Waals surface area contributed by atoms with E-state index in [1.165, 1.54) is 10.4 Å². The zero-order chi connectivity index (χ0) is 24.1. The smallest absolute Gasteiger partial charge is 0.224 e. The summed E-state index contributed by atoms with van der Waals surface area (Å²) in [6.07, 6.45) is 1.27. The summed E-state index contributed by atoms with van der Waals surface area (Å²) in [4.78, 5) is 12.7. The maximum atomic E-state index is 13.0. The van der Waals surface area contributed by atoms with E-state index in [4.69, 9.17) is 27.9 Å². The monoisotopic (exact) mass is 520 g/mol. The van der Waals surface area contributed by atoms with Crippen LogP contribution in [0.4, 0.5) is 0 Å². The lowest BCUT2D eigenvalue weighted by Gasteiger charge is -2.31. The van der Waals surface area contributed by atoms with Crippen LogP contribution in [0.25, 0.3) is 10.8 Å². The van der Waals surface area contributed by atoms with E-state index in [1.54, 1.807) is 12.1 Å². The van der Waals surface area contributed by atoms with Crippen LogP contribution in [0, 0.1) is 5.92 Å². The Balaban J connectivity index is 1.27. The molecule has 1 unspecified atom stereocenters. The Labute approximate surface area is 209 Å². The van der Waals surface area contributed by atoms with Crippen LogP contribution < -0.4 is 10.1 Å². The Morgan fingerprint density at radius 3 is 2.65 bits per heavy atom. The Kier molecular flexibility index (Phi) is 7.99. The van der Waals surface area contributed by atoms with Gasteiger partial charge in [0.2, 0.25) is 15.9 Å². The second kappa shape index (κ2) is 11.0. The Hall–Kier alpha value is -2.32. The number of hydrogen-bond donors (Lipinski definition) is 1. The van der Waals surface area contributed by atoms with Gasteiger partial charge in [-0.1, -0.05) is 59.6 Å². The van der Waals surface area contributed by atoms with Crippen LogP contribution in [0.15, 0.2) is 60.7 Å². The zero-order valence-corrected chi connectivity index (χ0v) is 20.9. The molecule has 6 nitrogen and oxygen atoms in total. The van der Waals surface area contributed by atoms with Crippen LogP contribution in [0.5, 0.6) is 5.75 Å². The average molecular weight is 521 g/mol. The van der Waals surface area contributed by atoms with E-state index >= 15 is 0 Å². The number of halogens is 2. The first-order valence-electron chi connectivity index (χ1n) is 11.1. The minimum Gasteiger partial charge on any atom is -0.492 e. The highest BCUT2D eigenvalue weighted by Crippen LogP contribution is 2.26. The van der Waals surface area contributed by atoms with E-state index in [1.807, 2.05) is 42.5 Å². The van der Waals surface area contributed by atoms with Crippen LogP contribution in [-0.4, -0.2) is 44.9 Å². The maximum Gasteiger partial charge on any atom is 0.224 e. The molecule has 1 atom stereocenters. The quantitative estimate of drug-likeness (QED) is 0.429. The standard InChI is InChI=1S/C25H26Cl2N2O4S/c26-22-9-7-21(24(27)15-22)17-34(31,32)29-12-3-6-20(16-29)25(30)28-11-13-33-23-10-8-18-4-1-2-5-19(18)14-23/h1-2,4-5,7-10,14-15,20H,3,6,11-13,16-17H2,(H,28,30). The van der Waals surface area contributed by atoms with Crippen molar-refractivity contribution in [1.29, 1.82) is 0 Å². The molecular formula is C25H26Cl2N2O4S. The maximum absolute atomic E-state index is 13.0. The molecule has 1 aliphatic heterocycles. The molecule has 0 saturated carbocycles. The lowest BCUT2D eigenvalue weighted by Crippen LogP contribution is -2.46. The van der Waals surface area contributed by atoms with Gasteiger partial charge in [0.05, 0.1) is 18.2 Å². The van der Waals surface area contributed by atoms with Crippen molar-refractivity contribution in [3.8, 4) is 5.75 Å². The van der Waals surface area contributed by atoms with Crippen LogP contribution in [0.1, 0.15) is 18.4 Å². The first-order valence-corrected chi connectivity index (χ1v) is 13.5. The molecule has 1 heterocycles. The number of carbonyl (C=O) groups excluding carboxylic acids is 1. The van der Waals surface area contributed by atoms with Gasteiger partial charge in [0.15, 0.2) is 0 Å². The molecule has 4 rings (SSSR count). The molecule has 0 radical (unpaired) electrons. The van der Waals surface area contributed by atoms with Gasteiger partial charge in [0.1, 0.15) is 12.4 Å². The largest absolute Gasteiger partial charge is 0.492 e. The van der Waals surface area contributed by atoms with Gasteiger partial charge >= 0.3 is 0 Å². The number of fused-ring (bicyclic) bond motifs is 1. The molecule has 1 saturated heterocycles. The normalized spacial score (nSPS) is 16.9. The number of sulfonamides is 1. The average Bonchev–Trinajstić information content (AvgIpc) is 2.83. The van der Waals surface area contributed by atoms with Crippen molar-refractivity contribution < 1.29 is 17.9 Å². The van der Waals surface area contributed by atoms with Gasteiger partial charge in [-0.15, -0.1) is 0 Å². The first kappa shape index (κ1) is 24.8. The molecule has 0 bridgehead atoms. The number of hydrogen-bond acceptors (Lipinski definition) is 4. The lowest BCUT2D eigenvalue weighted by atomic mass is 9.99. The van der Waals surface area contributed by atoms with Crippen LogP contribution in [0.2, 0.25) is 10.0 Å². The van der Waals surface area contributed by atoms with Crippen molar-refractivity contribution in [2.45, 2.75) is 18.6 Å². The summed E-state index contributed by atoms with van der Waals surface area (Å²) < 4.78 is 33.1. The predicted molar refractivity (Wildman–Crippen MR) is 136 cm³/mol. The molecule has 0 aromatic heterocycles. The number of rotatable bonds is 8. The molecule has 180 valence electrons. The topological polar surface area (TPSA) is 75.7 Å². The van der Waals surface area contributed by atoms with E-state index < -0.39 is 15.9 Å². The van der Waals surface area contributed by atoms with Gasteiger partial charge in [-0.3, -0.25) is 4.79 Å². The molecule has 3 aromatic rings. The highest BCUT2D eigenvalue weighted by molar-refractivity contribution is 7.88. The lowest BCUT2D eigenvalue weighted by molar-refractivity contribution is -0.126. The van der Waals surface area contributed by atoms with Gasteiger partial charge in [-0.05, 0) is 53.4 Å². The Bertz CT molecular complexity index is 1280. The van der Waals surface area contributed by atoms with E-state index in [-0.39, 0.29) is 18.2 Å². The van der Waals surface area contributed by atoms with Crippen molar-refractivity contribution >= 4 is 49.9 Å². The zero-order valence-electron chi connectivity index (χ0n) is 18.5. The number of nitrogens with one attached hydrogen (secondary N) is 1. The van der Waals surface area contributed by atoms with Crippen LogP contribution in [0.3, 0.4) is 0 Å². The van der Waals surface area contributed by atoms with E-state index in [0.717, 1.165) is 16.5 Å². The number of carbonyl (C=O) groups is 1. The van der Waals surface area contributed by atoms with Gasteiger partial charge in [0, 0.05) is 23.1 Å². The second-order valence-electron chi connectivity index (χ2n) is 8.34. The highest BCUT2D eigenvalue weighted by atomic mass is 35.5. The van der Waals surface area contributed by atoms with Gasteiger partial charge in [0.25, 0.3) is 0 Å². The highest BCUT2D eigenvalue weighted by Gasteiger charge is 2.32. The van der Waals surface area contributed by atoms with Gasteiger partial charge in [-0.2, -0.15) is 0 Å². The summed E-state index contributed by atoms with van der Waals surface area (Å²) in [7, 11) is -3.62. The minimum atomic E-state index is -3.62. The third-order valence-corrected chi connectivity index (χ3v) is 8.27. The van der Waals surface area contributed by atoms with Gasteiger partial charge < -0.3 is 10.1 Å². The minimum absolute atomic E-state index is 0.158. The number of amides is 1. The molecule has 0 spiro atoms. The van der Waals surface area contributed by atoms with Crippen LogP contribution >= 0.6 is 23.2 Å². The number of benzene rings is 3. The van der Waals surface area contributed by atoms with Crippen molar-refractivity contribution in [2.75, 3.05) is 26.2 Å². The van der Waals surface area contributed by atoms with Crippen molar-refractivity contribution in [1.82, 2.24) is 9.62 Å². The van der Waals surface area contributed by atoms with Crippen molar-refractivity contribution in [2.24, 2.45) is 5.92 Å². The number of nitrogens with zero attached hydrogens (tertiary/aromatic N) is 1. The third kappa shape index (κ3) is 6.21. The molecular weight excluding hydrogens is 495 g/mol. The SMILES string of the molecule is O=C(NCCOc1ccc2ccccc2c1)C1CCCN(S(=O)(=O)Cc2ccc(Cl)cc2Cl)C1. The Morgan fingerprint density at radius 2 is 1.85 bits per heavy atom. The summed E-state index contributed by atoms with van der Waals surface area (Å²) in [6, 6.07) is 18.7. The fourth-order valence-electron chi connectivity index (χ4n) is 4.08. The summed E-state index contributed by atoms with van der Waals surface area (Å²) in [5, 5.41) is 5.87. The molecule has 1 fully saturated rings. The van der Waals surface area contributed by atoms with Crippen LogP contribution in [-0.2, 0) is 20.6 Å². The van der Waals surface area contributed by atoms with Crippen molar-refractivity contribution in [3.63, 3.8) is 0 Å². The molecule has 9 heteroatoms. The summed E-state index contributed by atoms with van der Waals surface area (Å²) in [5.41, 5.74) is 0.489. The van der Waals surface area contributed by atoms with E-state index in [9.17, 15) is 13.2 Å². The molecule has 3 aromatic carbocycles. The first-order chi connectivity index (χ1) is 16.3. The van der Waals surface area contributed by atoms with Gasteiger partial charge in [-0.25, -0.2) is 12.7 Å². The number of piperidine rings is 1. The van der Waals surface area contributed by atoms with E-state index in [0.29, 0.717) is 48.1 Å². The molecule has 1 aliphatic rings. The predicted octanol–water partition coefficient (Wildman–Crippen LogP) is 4.88. The summed E-state index contributed by atoms with van der Waals surface area (Å²) in [5.74, 6) is -0.0446.